The Morgan fingerprint density at radius 2 is 1.74 bits per heavy atom. The van der Waals surface area contributed by atoms with E-state index in [0.29, 0.717) is 19.1 Å². The van der Waals surface area contributed by atoms with Gasteiger partial charge in [0.25, 0.3) is 0 Å². The quantitative estimate of drug-likeness (QED) is 0.489. The number of ether oxygens (including phenoxy) is 2. The van der Waals surface area contributed by atoms with Gasteiger partial charge in [-0.1, -0.05) is 6.07 Å². The lowest BCUT2D eigenvalue weighted by Gasteiger charge is -2.23. The van der Waals surface area contributed by atoms with Crippen molar-refractivity contribution < 1.29 is 9.47 Å². The van der Waals surface area contributed by atoms with Crippen LogP contribution in [-0.4, -0.2) is 44.5 Å². The first-order valence-electron chi connectivity index (χ1n) is 6.74. The first-order chi connectivity index (χ1) is 9.31. The van der Waals surface area contributed by atoms with Gasteiger partial charge in [-0.25, -0.2) is 4.98 Å². The predicted octanol–water partition coefficient (Wildman–Crippen LogP) is 2.70. The van der Waals surface area contributed by atoms with E-state index in [0.717, 1.165) is 37.8 Å². The topological polar surface area (TPSA) is 34.6 Å². The van der Waals surface area contributed by atoms with E-state index in [-0.39, 0.29) is 0 Å². The third-order valence-corrected chi connectivity index (χ3v) is 2.95. The summed E-state index contributed by atoms with van der Waals surface area (Å²) >= 11 is 5.83. The van der Waals surface area contributed by atoms with Crippen LogP contribution in [0.25, 0.3) is 0 Å². The Morgan fingerprint density at radius 3 is 2.26 bits per heavy atom. The van der Waals surface area contributed by atoms with Crippen LogP contribution in [0.4, 0.5) is 5.82 Å². The highest BCUT2D eigenvalue weighted by molar-refractivity contribution is 6.16. The maximum atomic E-state index is 5.83. The Kier molecular flexibility index (Phi) is 8.54. The highest BCUT2D eigenvalue weighted by Crippen LogP contribution is 2.12. The molecule has 1 rings (SSSR count). The zero-order valence-electron chi connectivity index (χ0n) is 11.8. The molecule has 0 bridgehead atoms. The fraction of sp³-hybridized carbons (Fsp3) is 0.643. The summed E-state index contributed by atoms with van der Waals surface area (Å²) in [5.41, 5.74) is 0.886. The average Bonchev–Trinajstić information content (AvgIpc) is 2.46. The molecular weight excluding hydrogens is 264 g/mol. The number of anilines is 1. The molecule has 0 aliphatic rings. The van der Waals surface area contributed by atoms with Gasteiger partial charge in [-0.15, -0.1) is 11.6 Å². The molecule has 1 heterocycles. The molecule has 108 valence electrons. The monoisotopic (exact) mass is 286 g/mol. The van der Waals surface area contributed by atoms with Crippen molar-refractivity contribution in [3.63, 3.8) is 0 Å². The Labute approximate surface area is 120 Å². The number of aromatic nitrogens is 1. The van der Waals surface area contributed by atoms with E-state index in [9.17, 15) is 0 Å². The zero-order valence-corrected chi connectivity index (χ0v) is 12.5. The fourth-order valence-corrected chi connectivity index (χ4v) is 1.85. The third kappa shape index (κ3) is 6.23. The molecule has 5 heteroatoms. The van der Waals surface area contributed by atoms with Crippen molar-refractivity contribution in [3.05, 3.63) is 23.9 Å². The van der Waals surface area contributed by atoms with Gasteiger partial charge in [-0.3, -0.25) is 0 Å². The molecule has 0 radical (unpaired) electrons. The van der Waals surface area contributed by atoms with Crippen molar-refractivity contribution in [2.24, 2.45) is 0 Å². The number of halogens is 1. The number of pyridine rings is 1. The normalized spacial score (nSPS) is 10.7. The lowest BCUT2D eigenvalue weighted by molar-refractivity contribution is 0.141. The van der Waals surface area contributed by atoms with Crippen molar-refractivity contribution in [1.82, 2.24) is 4.98 Å². The van der Waals surface area contributed by atoms with E-state index < -0.39 is 0 Å². The molecule has 1 aromatic rings. The van der Waals surface area contributed by atoms with Gasteiger partial charge in [0.2, 0.25) is 0 Å². The maximum absolute atomic E-state index is 5.83. The minimum atomic E-state index is 0.429. The number of hydrogen-bond donors (Lipinski definition) is 0. The molecule has 0 saturated carbocycles. The number of alkyl halides is 1. The van der Waals surface area contributed by atoms with Crippen LogP contribution in [0.1, 0.15) is 19.5 Å². The Balaban J connectivity index is 2.63. The minimum Gasteiger partial charge on any atom is -0.380 e. The Morgan fingerprint density at radius 1 is 1.11 bits per heavy atom. The summed E-state index contributed by atoms with van der Waals surface area (Å²) in [5.74, 6) is 1.36. The van der Waals surface area contributed by atoms with Crippen LogP contribution < -0.4 is 4.90 Å². The standard InChI is InChI=1S/C14H23ClN2O2/c1-3-18-10-8-17(9-11-19-4-2)14-7-5-6-13(12-15)16-14/h5-7H,3-4,8-12H2,1-2H3. The maximum Gasteiger partial charge on any atom is 0.129 e. The van der Waals surface area contributed by atoms with E-state index in [1.54, 1.807) is 0 Å². The molecule has 0 unspecified atom stereocenters. The van der Waals surface area contributed by atoms with Crippen molar-refractivity contribution in [3.8, 4) is 0 Å². The molecule has 0 aliphatic heterocycles. The summed E-state index contributed by atoms with van der Waals surface area (Å²) in [5, 5.41) is 0. The third-order valence-electron chi connectivity index (χ3n) is 2.67. The van der Waals surface area contributed by atoms with Crippen LogP contribution in [0, 0.1) is 0 Å². The average molecular weight is 287 g/mol. The van der Waals surface area contributed by atoms with Gasteiger partial charge in [0.1, 0.15) is 5.82 Å². The SMILES string of the molecule is CCOCCN(CCOCC)c1cccc(CCl)n1. The minimum absolute atomic E-state index is 0.429. The van der Waals surface area contributed by atoms with Crippen molar-refractivity contribution in [2.45, 2.75) is 19.7 Å². The van der Waals surface area contributed by atoms with Crippen LogP contribution >= 0.6 is 11.6 Å². The van der Waals surface area contributed by atoms with Gasteiger partial charge in [0.05, 0.1) is 24.8 Å². The molecule has 0 saturated heterocycles. The van der Waals surface area contributed by atoms with Crippen molar-refractivity contribution in [1.29, 1.82) is 0 Å². The second-order valence-corrected chi connectivity index (χ2v) is 4.27. The molecule has 0 spiro atoms. The van der Waals surface area contributed by atoms with Gasteiger partial charge in [0, 0.05) is 26.3 Å². The summed E-state index contributed by atoms with van der Waals surface area (Å²) in [6, 6.07) is 5.90. The molecule has 0 aliphatic carbocycles. The van der Waals surface area contributed by atoms with Crippen molar-refractivity contribution >= 4 is 17.4 Å². The van der Waals surface area contributed by atoms with Crippen LogP contribution in [0.2, 0.25) is 0 Å². The largest absolute Gasteiger partial charge is 0.380 e. The van der Waals surface area contributed by atoms with E-state index in [1.807, 2.05) is 32.0 Å². The van der Waals surface area contributed by atoms with Crippen LogP contribution in [0.5, 0.6) is 0 Å². The molecule has 0 amide bonds. The van der Waals surface area contributed by atoms with E-state index in [2.05, 4.69) is 9.88 Å². The van der Waals surface area contributed by atoms with Gasteiger partial charge in [-0.2, -0.15) is 0 Å². The molecular formula is C14H23ClN2O2. The molecule has 4 nitrogen and oxygen atoms in total. The Hall–Kier alpha value is -0.840. The lowest BCUT2D eigenvalue weighted by atomic mass is 10.3. The summed E-state index contributed by atoms with van der Waals surface area (Å²) in [6.07, 6.45) is 0. The summed E-state index contributed by atoms with van der Waals surface area (Å²) in [7, 11) is 0. The second kappa shape index (κ2) is 10.0. The van der Waals surface area contributed by atoms with E-state index >= 15 is 0 Å². The van der Waals surface area contributed by atoms with Gasteiger partial charge < -0.3 is 14.4 Å². The Bertz CT molecular complexity index is 340. The second-order valence-electron chi connectivity index (χ2n) is 4.00. The lowest BCUT2D eigenvalue weighted by Crippen LogP contribution is -2.32. The van der Waals surface area contributed by atoms with Crippen molar-refractivity contribution in [2.75, 3.05) is 44.4 Å². The molecule has 0 fully saturated rings. The van der Waals surface area contributed by atoms with E-state index in [1.165, 1.54) is 0 Å². The smallest absolute Gasteiger partial charge is 0.129 e. The molecule has 0 N–H and O–H groups in total. The van der Waals surface area contributed by atoms with Gasteiger partial charge >= 0.3 is 0 Å². The molecule has 0 aromatic carbocycles. The molecule has 1 aromatic heterocycles. The summed E-state index contributed by atoms with van der Waals surface area (Å²) < 4.78 is 10.8. The first-order valence-corrected chi connectivity index (χ1v) is 7.27. The summed E-state index contributed by atoms with van der Waals surface area (Å²) in [4.78, 5) is 6.70. The highest BCUT2D eigenvalue weighted by atomic mass is 35.5. The first kappa shape index (κ1) is 16.2. The number of hydrogen-bond acceptors (Lipinski definition) is 4. The van der Waals surface area contributed by atoms with Crippen LogP contribution in [0.15, 0.2) is 18.2 Å². The molecule has 0 atom stereocenters. The van der Waals surface area contributed by atoms with E-state index in [4.69, 9.17) is 21.1 Å². The zero-order chi connectivity index (χ0) is 13.9. The predicted molar refractivity (Wildman–Crippen MR) is 79.0 cm³/mol. The van der Waals surface area contributed by atoms with Gasteiger partial charge in [-0.05, 0) is 26.0 Å². The van der Waals surface area contributed by atoms with Crippen LogP contribution in [-0.2, 0) is 15.4 Å². The fourth-order valence-electron chi connectivity index (χ4n) is 1.70. The number of nitrogens with zero attached hydrogens (tertiary/aromatic N) is 2. The number of rotatable bonds is 10. The highest BCUT2D eigenvalue weighted by Gasteiger charge is 2.08. The summed E-state index contributed by atoms with van der Waals surface area (Å²) in [6.45, 7) is 8.45. The molecule has 19 heavy (non-hydrogen) atoms. The van der Waals surface area contributed by atoms with Crippen LogP contribution in [0.3, 0.4) is 0 Å². The van der Waals surface area contributed by atoms with Gasteiger partial charge in [0.15, 0.2) is 0 Å².